The molecule has 1 unspecified atom stereocenters. The lowest BCUT2D eigenvalue weighted by molar-refractivity contribution is 0.283. The van der Waals surface area contributed by atoms with Crippen molar-refractivity contribution in [2.45, 2.75) is 25.8 Å². The number of aryl methyl sites for hydroxylation is 1. The first-order valence-corrected chi connectivity index (χ1v) is 7.40. The Morgan fingerprint density at radius 1 is 1.30 bits per heavy atom. The molecule has 1 aliphatic heterocycles. The summed E-state index contributed by atoms with van der Waals surface area (Å²) in [5.41, 5.74) is 3.36. The number of fused-ring (bicyclic) bond motifs is 1. The fourth-order valence-corrected chi connectivity index (χ4v) is 2.97. The van der Waals surface area contributed by atoms with Crippen LogP contribution in [0.3, 0.4) is 0 Å². The number of hydrogen-bond donors (Lipinski definition) is 1. The molecule has 1 aliphatic rings. The van der Waals surface area contributed by atoms with Crippen molar-refractivity contribution in [3.63, 3.8) is 0 Å². The molecular weight excluding hydrogens is 274 g/mol. The van der Waals surface area contributed by atoms with E-state index in [1.54, 1.807) is 6.26 Å². The number of nitrogens with one attached hydrogen (secondary N) is 1. The molecule has 1 aromatic carbocycles. The second-order valence-corrected chi connectivity index (χ2v) is 5.27. The van der Waals surface area contributed by atoms with Crippen molar-refractivity contribution in [3.8, 4) is 5.75 Å². The van der Waals surface area contributed by atoms with Crippen molar-refractivity contribution in [1.29, 1.82) is 0 Å². The summed E-state index contributed by atoms with van der Waals surface area (Å²) >= 11 is 6.16. The first kappa shape index (κ1) is 13.5. The number of benzene rings is 1. The fourth-order valence-electron chi connectivity index (χ4n) is 2.74. The molecule has 0 bridgehead atoms. The van der Waals surface area contributed by atoms with Crippen LogP contribution in [0.2, 0.25) is 5.22 Å². The molecular formula is C16H18ClNO2. The number of rotatable bonds is 4. The monoisotopic (exact) mass is 291 g/mol. The maximum atomic E-state index is 6.16. The molecule has 3 nitrogen and oxygen atoms in total. The van der Waals surface area contributed by atoms with E-state index in [1.165, 1.54) is 5.56 Å². The van der Waals surface area contributed by atoms with E-state index in [0.29, 0.717) is 5.22 Å². The van der Waals surface area contributed by atoms with Gasteiger partial charge in [-0.15, -0.1) is 0 Å². The smallest absolute Gasteiger partial charge is 0.198 e. The van der Waals surface area contributed by atoms with Gasteiger partial charge in [-0.2, -0.15) is 0 Å². The summed E-state index contributed by atoms with van der Waals surface area (Å²) in [4.78, 5) is 0. The van der Waals surface area contributed by atoms with E-state index in [-0.39, 0.29) is 6.04 Å². The van der Waals surface area contributed by atoms with Crippen LogP contribution in [0.15, 0.2) is 34.9 Å². The van der Waals surface area contributed by atoms with Crippen LogP contribution >= 0.6 is 11.6 Å². The van der Waals surface area contributed by atoms with Gasteiger partial charge in [0.15, 0.2) is 5.22 Å². The minimum absolute atomic E-state index is 0.000648. The summed E-state index contributed by atoms with van der Waals surface area (Å²) in [5, 5.41) is 3.90. The van der Waals surface area contributed by atoms with Crippen LogP contribution in [0.25, 0.3) is 0 Å². The Morgan fingerprint density at radius 3 is 2.95 bits per heavy atom. The van der Waals surface area contributed by atoms with E-state index in [0.717, 1.165) is 42.9 Å². The average molecular weight is 292 g/mol. The van der Waals surface area contributed by atoms with Crippen LogP contribution < -0.4 is 10.1 Å². The Morgan fingerprint density at radius 2 is 2.20 bits per heavy atom. The lowest BCUT2D eigenvalue weighted by Crippen LogP contribution is -2.23. The molecule has 0 spiro atoms. The molecule has 0 saturated carbocycles. The Kier molecular flexibility index (Phi) is 3.99. The largest absolute Gasteiger partial charge is 0.493 e. The summed E-state index contributed by atoms with van der Waals surface area (Å²) in [6.45, 7) is 3.70. The third-order valence-electron chi connectivity index (χ3n) is 3.64. The van der Waals surface area contributed by atoms with Gasteiger partial charge < -0.3 is 14.5 Å². The fraction of sp³-hybridized carbons (Fsp3) is 0.375. The first-order chi connectivity index (χ1) is 9.81. The first-order valence-electron chi connectivity index (χ1n) is 7.02. The highest BCUT2D eigenvalue weighted by Gasteiger charge is 2.24. The Bertz CT molecular complexity index is 594. The van der Waals surface area contributed by atoms with Crippen LogP contribution in [0.1, 0.15) is 36.1 Å². The third kappa shape index (κ3) is 2.43. The number of hydrogen-bond acceptors (Lipinski definition) is 3. The van der Waals surface area contributed by atoms with Crippen molar-refractivity contribution >= 4 is 11.6 Å². The molecule has 1 aromatic heterocycles. The van der Waals surface area contributed by atoms with Gasteiger partial charge in [-0.25, -0.2) is 0 Å². The minimum atomic E-state index is -0.000648. The van der Waals surface area contributed by atoms with E-state index >= 15 is 0 Å². The lowest BCUT2D eigenvalue weighted by atomic mass is 9.95. The SMILES string of the molecule is CCNC(c1ccoc1Cl)c1cccc2c1OCCC2. The molecule has 4 heteroatoms. The van der Waals surface area contributed by atoms with Gasteiger partial charge in [0, 0.05) is 11.1 Å². The maximum absolute atomic E-state index is 6.16. The van der Waals surface area contributed by atoms with Crippen LogP contribution in [0.5, 0.6) is 5.75 Å². The highest BCUT2D eigenvalue weighted by molar-refractivity contribution is 6.29. The normalized spacial score (nSPS) is 15.5. The van der Waals surface area contributed by atoms with E-state index in [2.05, 4.69) is 30.4 Å². The summed E-state index contributed by atoms with van der Waals surface area (Å²) < 4.78 is 11.1. The Balaban J connectivity index is 2.06. The van der Waals surface area contributed by atoms with Gasteiger partial charge in [0.25, 0.3) is 0 Å². The van der Waals surface area contributed by atoms with Gasteiger partial charge in [-0.1, -0.05) is 25.1 Å². The second kappa shape index (κ2) is 5.90. The van der Waals surface area contributed by atoms with Crippen molar-refractivity contribution in [3.05, 3.63) is 52.4 Å². The van der Waals surface area contributed by atoms with Crippen LogP contribution in [0.4, 0.5) is 0 Å². The third-order valence-corrected chi connectivity index (χ3v) is 3.95. The van der Waals surface area contributed by atoms with Crippen molar-refractivity contribution < 1.29 is 9.15 Å². The topological polar surface area (TPSA) is 34.4 Å². The molecule has 0 radical (unpaired) electrons. The van der Waals surface area contributed by atoms with Crippen LogP contribution in [-0.4, -0.2) is 13.2 Å². The van der Waals surface area contributed by atoms with E-state index in [9.17, 15) is 0 Å². The van der Waals surface area contributed by atoms with Gasteiger partial charge in [-0.05, 0) is 42.6 Å². The molecule has 0 amide bonds. The molecule has 20 heavy (non-hydrogen) atoms. The number of ether oxygens (including phenoxy) is 1. The molecule has 1 atom stereocenters. The molecule has 3 rings (SSSR count). The van der Waals surface area contributed by atoms with Gasteiger partial charge in [0.05, 0.1) is 18.9 Å². The summed E-state index contributed by atoms with van der Waals surface area (Å²) in [7, 11) is 0. The summed E-state index contributed by atoms with van der Waals surface area (Å²) in [6, 6.07) is 8.23. The Labute approximate surface area is 123 Å². The number of para-hydroxylation sites is 1. The standard InChI is InChI=1S/C16H18ClNO2/c1-2-18-14(13-8-10-20-16(13)17)12-7-3-5-11-6-4-9-19-15(11)12/h3,5,7-8,10,14,18H,2,4,6,9H2,1H3. The van der Waals surface area contributed by atoms with E-state index in [1.807, 2.05) is 6.07 Å². The molecule has 0 fully saturated rings. The Hall–Kier alpha value is -1.45. The highest BCUT2D eigenvalue weighted by Crippen LogP contribution is 2.37. The maximum Gasteiger partial charge on any atom is 0.198 e. The minimum Gasteiger partial charge on any atom is -0.493 e. The molecule has 106 valence electrons. The molecule has 0 saturated heterocycles. The number of furan rings is 1. The zero-order valence-electron chi connectivity index (χ0n) is 11.5. The zero-order chi connectivity index (χ0) is 13.9. The van der Waals surface area contributed by atoms with Crippen molar-refractivity contribution in [1.82, 2.24) is 5.32 Å². The van der Waals surface area contributed by atoms with Gasteiger partial charge in [0.2, 0.25) is 0 Å². The second-order valence-electron chi connectivity index (χ2n) is 4.93. The molecule has 2 aromatic rings. The van der Waals surface area contributed by atoms with Gasteiger partial charge in [-0.3, -0.25) is 0 Å². The van der Waals surface area contributed by atoms with Crippen LogP contribution in [-0.2, 0) is 6.42 Å². The van der Waals surface area contributed by atoms with Gasteiger partial charge >= 0.3 is 0 Å². The average Bonchev–Trinajstić information content (AvgIpc) is 2.90. The summed E-state index contributed by atoms with van der Waals surface area (Å²) in [6.07, 6.45) is 3.77. The molecule has 2 heterocycles. The van der Waals surface area contributed by atoms with E-state index in [4.69, 9.17) is 20.8 Å². The predicted octanol–water partition coefficient (Wildman–Crippen LogP) is 3.96. The lowest BCUT2D eigenvalue weighted by Gasteiger charge is -2.25. The molecule has 1 N–H and O–H groups in total. The van der Waals surface area contributed by atoms with Crippen molar-refractivity contribution in [2.75, 3.05) is 13.2 Å². The predicted molar refractivity (Wildman–Crippen MR) is 79.5 cm³/mol. The van der Waals surface area contributed by atoms with E-state index < -0.39 is 0 Å². The quantitative estimate of drug-likeness (QED) is 0.926. The van der Waals surface area contributed by atoms with Crippen molar-refractivity contribution in [2.24, 2.45) is 0 Å². The summed E-state index contributed by atoms with van der Waals surface area (Å²) in [5.74, 6) is 1.00. The van der Waals surface area contributed by atoms with Crippen LogP contribution in [0, 0.1) is 0 Å². The zero-order valence-corrected chi connectivity index (χ0v) is 12.2. The van der Waals surface area contributed by atoms with Gasteiger partial charge in [0.1, 0.15) is 5.75 Å². The highest BCUT2D eigenvalue weighted by atomic mass is 35.5. The molecule has 0 aliphatic carbocycles. The number of halogens is 1.